The standard InChI is InChI=1S/C127H142B3N5O4S/c1-116(2,3)68-46-77-78-47-69(117(4,5)6)53-84(123(22,23)24)111(78)132(110(77)83(52-68)122(19,20)21)74-58-96-107-103(60-74)136-99-44-40-38-42-89(99)128(107)91-64-92-97(66-95(91)131-96)135(140-37)98-59-75(133-112-79(48-70(118(7,8)9)54-85(112)124(25,26)27)80-49-71(119(10,11)12)55-86(113(80)133)125(28,29)30)61-104-108(98)130(92)94-65-93-101(67-102(94)138-104)139-106-63-76(62-105-109(106)129(93)90-43-39-41-45-100(90)137-105)134-114-81(50-72(120(13,14)15)56-87(114)126(31,32)33)82-51-73(121(16,17)18)57-88(115(82)134)127(34,35)36/h38-67,131H,1-37H3. The van der Waals surface area contributed by atoms with Gasteiger partial charge in [-0.15, -0.1) is 0 Å². The van der Waals surface area contributed by atoms with E-state index in [0.29, 0.717) is 0 Å². The Morgan fingerprint density at radius 3 is 0.807 bits per heavy atom. The Bertz CT molecular complexity index is 7870. The van der Waals surface area contributed by atoms with Crippen molar-refractivity contribution < 1.29 is 18.9 Å². The Morgan fingerprint density at radius 2 is 0.493 bits per heavy atom. The molecule has 0 amide bonds. The average Bonchev–Trinajstić information content (AvgIpc) is 0.973. The lowest BCUT2D eigenvalue weighted by Gasteiger charge is -2.42. The van der Waals surface area contributed by atoms with Crippen molar-refractivity contribution in [3.63, 3.8) is 0 Å². The number of aromatic nitrogens is 3. The number of nitrogens with one attached hydrogen (secondary N) is 1. The molecule has 0 bridgehead atoms. The summed E-state index contributed by atoms with van der Waals surface area (Å²) in [5.74, 6) is 6.40. The summed E-state index contributed by atoms with van der Waals surface area (Å²) in [4.78, 5) is 0. The predicted octanol–water partition coefficient (Wildman–Crippen LogP) is 29.3. The lowest BCUT2D eigenvalue weighted by atomic mass is 9.30. The zero-order valence-electron chi connectivity index (χ0n) is 90.4. The lowest BCUT2D eigenvalue weighted by molar-refractivity contribution is 0.456. The van der Waals surface area contributed by atoms with E-state index in [0.717, 1.165) is 124 Å². The monoisotopic (exact) mass is 1870 g/mol. The molecule has 13 aromatic carbocycles. The molecule has 22 rings (SSSR count). The molecule has 0 fully saturated rings. The first-order valence-electron chi connectivity index (χ1n) is 51.4. The first-order valence-corrected chi connectivity index (χ1v) is 52.6. The van der Waals surface area contributed by atoms with Crippen LogP contribution in [0.25, 0.3) is 82.5 Å². The van der Waals surface area contributed by atoms with Crippen LogP contribution >= 0.6 is 11.9 Å². The summed E-state index contributed by atoms with van der Waals surface area (Å²) in [5, 5.41) is 11.9. The molecule has 0 radical (unpaired) electrons. The highest BCUT2D eigenvalue weighted by molar-refractivity contribution is 8.00. The highest BCUT2D eigenvalue weighted by Crippen LogP contribution is 2.55. The van der Waals surface area contributed by atoms with Crippen LogP contribution in [0.3, 0.4) is 0 Å². The third kappa shape index (κ3) is 14.4. The van der Waals surface area contributed by atoms with Crippen molar-refractivity contribution in [3.05, 3.63) is 249 Å². The van der Waals surface area contributed by atoms with E-state index in [1.54, 1.807) is 11.9 Å². The SMILES string of the molecule is CSN1c2cc3c(cc2B2c4cc5c(cc4Oc4cc(-n6c7c(C(C)(C)C)cc(C(C)(C)C)cc7c7cc(C(C)(C)C)cc(C(C)(C)C)c76)cc1c42)Oc1cc(-n2c4c(C(C)(C)C)cc(C(C)(C)C)cc4c4cc(C(C)(C)C)cc(C(C)(C)C)c42)cc2c1B5c1ccccc1O2)B1c2ccccc2Oc2cc(-n4c5c(C(C)(C)C)cc(C(C)(C)C)cc5c5cc(C(C)(C)C)cc(C(C)(C)C)c54)cc(c21)N3. The lowest BCUT2D eigenvalue weighted by Crippen LogP contribution is -2.64. The Hall–Kier alpha value is -11.4. The first-order chi connectivity index (χ1) is 64.9. The summed E-state index contributed by atoms with van der Waals surface area (Å²) in [5.41, 5.74) is 38.1. The third-order valence-corrected chi connectivity index (χ3v) is 32.5. The van der Waals surface area contributed by atoms with E-state index in [-0.39, 0.29) is 85.1 Å². The van der Waals surface area contributed by atoms with Crippen molar-refractivity contribution in [1.82, 2.24) is 13.7 Å². The molecule has 6 aliphatic rings. The number of hydrogen-bond acceptors (Lipinski definition) is 7. The van der Waals surface area contributed by atoms with Crippen molar-refractivity contribution in [2.75, 3.05) is 15.9 Å². The molecule has 1 N–H and O–H groups in total. The Labute approximate surface area is 838 Å². The quantitative estimate of drug-likeness (QED) is 0.139. The van der Waals surface area contributed by atoms with Gasteiger partial charge >= 0.3 is 0 Å². The highest BCUT2D eigenvalue weighted by atomic mass is 32.2. The van der Waals surface area contributed by atoms with Gasteiger partial charge in [-0.25, -0.2) is 0 Å². The number of benzene rings is 13. The molecule has 0 saturated carbocycles. The maximum atomic E-state index is 8.16. The second kappa shape index (κ2) is 29.9. The molecule has 9 nitrogen and oxygen atoms in total. The van der Waals surface area contributed by atoms with E-state index < -0.39 is 0 Å². The minimum Gasteiger partial charge on any atom is -0.458 e. The van der Waals surface area contributed by atoms with E-state index in [1.807, 2.05) is 0 Å². The molecule has 0 unspecified atom stereocenters. The maximum absolute atomic E-state index is 8.16. The van der Waals surface area contributed by atoms with Gasteiger partial charge in [-0.1, -0.05) is 334 Å². The fraction of sp³-hybridized carbons (Fsp3) is 0.386. The summed E-state index contributed by atoms with van der Waals surface area (Å²) < 4.78 is 41.7. The number of hydrogen-bond donors (Lipinski definition) is 1. The van der Waals surface area contributed by atoms with Crippen LogP contribution in [-0.4, -0.2) is 40.1 Å². The van der Waals surface area contributed by atoms with Crippen molar-refractivity contribution in [2.45, 2.75) is 314 Å². The molecule has 6 aliphatic heterocycles. The number of nitrogens with zero attached hydrogens (tertiary/aromatic N) is 4. The van der Waals surface area contributed by atoms with Gasteiger partial charge in [-0.05, 0) is 254 Å². The van der Waals surface area contributed by atoms with Crippen LogP contribution in [0.1, 0.15) is 316 Å². The van der Waals surface area contributed by atoms with Gasteiger partial charge in [0.1, 0.15) is 46.0 Å². The zero-order valence-corrected chi connectivity index (χ0v) is 91.2. The second-order valence-corrected chi connectivity index (χ2v) is 55.2. The molecule has 0 atom stereocenters. The third-order valence-electron chi connectivity index (χ3n) is 31.7. The van der Waals surface area contributed by atoms with E-state index >= 15 is 0 Å². The smallest absolute Gasteiger partial charge is 0.260 e. The molecule has 714 valence electrons. The minimum atomic E-state index is -0.357. The second-order valence-electron chi connectivity index (χ2n) is 54.5. The van der Waals surface area contributed by atoms with E-state index in [4.69, 9.17) is 18.9 Å². The van der Waals surface area contributed by atoms with E-state index in [2.05, 4.69) is 461 Å². The van der Waals surface area contributed by atoms with Crippen LogP contribution in [0.5, 0.6) is 46.0 Å². The van der Waals surface area contributed by atoms with Gasteiger partial charge in [-0.3, -0.25) is 4.31 Å². The number of fused-ring (bicyclic) bond motifs is 21. The molecular formula is C127H142B3N5O4S. The number of para-hydroxylation sites is 2. The summed E-state index contributed by atoms with van der Waals surface area (Å²) in [6, 6.07) is 72.3. The normalized spacial score (nSPS) is 14.9. The van der Waals surface area contributed by atoms with Gasteiger partial charge in [0, 0.05) is 91.4 Å². The summed E-state index contributed by atoms with van der Waals surface area (Å²) in [7, 11) is 0. The fourth-order valence-corrected chi connectivity index (χ4v) is 24.6. The van der Waals surface area contributed by atoms with Gasteiger partial charge in [0.2, 0.25) is 0 Å². The van der Waals surface area contributed by atoms with Crippen LogP contribution in [-0.2, 0) is 65.0 Å². The molecule has 16 aromatic rings. The van der Waals surface area contributed by atoms with Crippen molar-refractivity contribution in [3.8, 4) is 63.1 Å². The van der Waals surface area contributed by atoms with Crippen LogP contribution in [0.4, 0.5) is 22.7 Å². The predicted molar refractivity (Wildman–Crippen MR) is 606 cm³/mol. The van der Waals surface area contributed by atoms with Crippen LogP contribution in [0, 0.1) is 0 Å². The first kappa shape index (κ1) is 93.6. The molecule has 0 spiro atoms. The number of rotatable bonds is 4. The molecule has 3 aromatic heterocycles. The maximum Gasteiger partial charge on any atom is 0.260 e. The van der Waals surface area contributed by atoms with Crippen molar-refractivity contribution in [2.24, 2.45) is 0 Å². The van der Waals surface area contributed by atoms with Gasteiger partial charge in [0.15, 0.2) is 0 Å². The summed E-state index contributed by atoms with van der Waals surface area (Å²) in [6.07, 6.45) is 2.27. The Balaban J connectivity index is 0.818. The summed E-state index contributed by atoms with van der Waals surface area (Å²) in [6.45, 7) is 84.9. The van der Waals surface area contributed by atoms with Gasteiger partial charge < -0.3 is 38.0 Å². The number of ether oxygens (including phenoxy) is 4. The largest absolute Gasteiger partial charge is 0.458 e. The van der Waals surface area contributed by atoms with Crippen molar-refractivity contribution >= 4 is 169 Å². The number of anilines is 4. The van der Waals surface area contributed by atoms with E-state index in [9.17, 15) is 0 Å². The summed E-state index contributed by atoms with van der Waals surface area (Å²) >= 11 is 1.76. The van der Waals surface area contributed by atoms with Crippen molar-refractivity contribution in [1.29, 1.82) is 0 Å². The van der Waals surface area contributed by atoms with Gasteiger partial charge in [0.25, 0.3) is 20.1 Å². The highest BCUT2D eigenvalue weighted by Gasteiger charge is 2.51. The Kier molecular flexibility index (Phi) is 20.0. The van der Waals surface area contributed by atoms with Gasteiger partial charge in [-0.2, -0.15) is 0 Å². The molecule has 140 heavy (non-hydrogen) atoms. The fourth-order valence-electron chi connectivity index (χ4n) is 23.9. The topological polar surface area (TPSA) is 67.0 Å². The van der Waals surface area contributed by atoms with Crippen LogP contribution < -0.4 is 77.7 Å². The zero-order chi connectivity index (χ0) is 100. The van der Waals surface area contributed by atoms with Crippen LogP contribution in [0.15, 0.2) is 182 Å². The molecule has 0 aliphatic carbocycles. The Morgan fingerprint density at radius 1 is 0.221 bits per heavy atom. The molecule has 0 saturated heterocycles. The van der Waals surface area contributed by atoms with Crippen LogP contribution in [0.2, 0.25) is 0 Å². The van der Waals surface area contributed by atoms with E-state index in [1.165, 1.54) is 143 Å². The molecular weight excluding hydrogens is 1720 g/mol. The molecule has 13 heteroatoms. The minimum absolute atomic E-state index is 0.115. The molecule has 9 heterocycles. The van der Waals surface area contributed by atoms with Gasteiger partial charge in [0.05, 0.1) is 55.8 Å². The average molecular weight is 1870 g/mol.